The van der Waals surface area contributed by atoms with Crippen molar-refractivity contribution >= 4 is 22.8 Å². The van der Waals surface area contributed by atoms with Crippen molar-refractivity contribution in [3.05, 3.63) is 0 Å². The number of ether oxygens (including phenoxy) is 6. The lowest BCUT2D eigenvalue weighted by molar-refractivity contribution is -0.461. The molecule has 3 atom stereocenters. The lowest BCUT2D eigenvalue weighted by atomic mass is 10.1. The SMILES string of the molecule is O=P([O-])(O)C(F)(F)C(F)(F)OC(F)(F)C(F)(F)CCCOCC(COCCCC(F)(F)C(F)(F)OC(F)(F)C(F)(F)P(=O)([O-])O)OCCCC(F)(F)C(F)(F)OC(F)(F)C(F)(F)P(=O)([O-])O. The third kappa shape index (κ3) is 15.5. The van der Waals surface area contributed by atoms with Gasteiger partial charge in [-0.25, -0.2) is 14.2 Å². The molecule has 42 heteroatoms. The Balaban J connectivity index is 5.92. The molecule has 0 saturated carbocycles. The topological polar surface area (TPSA) is 236 Å². The van der Waals surface area contributed by atoms with Crippen molar-refractivity contribution in [2.75, 3.05) is 33.0 Å². The Bertz CT molecular complexity index is 1640. The molecule has 0 aromatic heterocycles. The second-order valence-electron chi connectivity index (χ2n) is 12.7. The first-order valence-electron chi connectivity index (χ1n) is 16.2. The Hall–Kier alpha value is -1.47. The summed E-state index contributed by atoms with van der Waals surface area (Å²) in [7, 11) is -22.9. The molecule has 0 amide bonds. The summed E-state index contributed by atoms with van der Waals surface area (Å²) in [5, 5.41) is 0. The highest BCUT2D eigenvalue weighted by Gasteiger charge is 2.74. The molecule has 0 bridgehead atoms. The number of halogens is 24. The highest BCUT2D eigenvalue weighted by Crippen LogP contribution is 2.62. The number of hydrogen-bond donors (Lipinski definition) is 3. The van der Waals surface area contributed by atoms with Crippen LogP contribution in [0.25, 0.3) is 0 Å². The molecule has 0 aromatic rings. The van der Waals surface area contributed by atoms with Crippen LogP contribution in [0.4, 0.5) is 105 Å². The molecule has 398 valence electrons. The van der Waals surface area contributed by atoms with Crippen molar-refractivity contribution in [1.29, 1.82) is 0 Å². The van der Waals surface area contributed by atoms with Gasteiger partial charge in [0, 0.05) is 39.1 Å². The minimum Gasteiger partial charge on any atom is -0.774 e. The van der Waals surface area contributed by atoms with Gasteiger partial charge in [-0.15, -0.1) is 0 Å². The highest BCUT2D eigenvalue weighted by molar-refractivity contribution is 7.52. The van der Waals surface area contributed by atoms with Gasteiger partial charge in [0.25, 0.3) is 0 Å². The van der Waals surface area contributed by atoms with Crippen molar-refractivity contribution in [3.63, 3.8) is 0 Å². The quantitative estimate of drug-likeness (QED) is 0.0362. The van der Waals surface area contributed by atoms with E-state index in [9.17, 15) is 134 Å². The van der Waals surface area contributed by atoms with E-state index in [2.05, 4.69) is 9.47 Å². The van der Waals surface area contributed by atoms with Crippen molar-refractivity contribution in [2.24, 2.45) is 0 Å². The standard InChI is InChI=1S/C24H29F24O15P3/c25-13(26,16(31,32)61-19(37,38)22(43,44)64(49,50)51)4-1-7-58-10-12(60-9-3-6-15(29,30)18(35,36)63-21(41,42)24(47,48)66(55,56)57)11-59-8-2-5-14(27,28)17(33,34)62-20(39,40)23(45,46)65(52,53)54/h12H,1-11H2,(H2,49,50,51)(H2,52,53,54)(H2,55,56,57)/p-3. The van der Waals surface area contributed by atoms with Crippen LogP contribution >= 0.6 is 22.8 Å². The molecule has 0 saturated heterocycles. The molecular formula is C24H26F24O15P3-3. The highest BCUT2D eigenvalue weighted by atomic mass is 31.2. The van der Waals surface area contributed by atoms with Gasteiger partial charge in [-0.1, -0.05) is 0 Å². The van der Waals surface area contributed by atoms with Gasteiger partial charge in [0.15, 0.2) is 0 Å². The summed E-state index contributed by atoms with van der Waals surface area (Å²) in [6.07, 6.45) is -55.5. The van der Waals surface area contributed by atoms with Gasteiger partial charge in [-0.2, -0.15) is 105 Å². The maximum absolute atomic E-state index is 14.0. The second-order valence-corrected chi connectivity index (χ2v) is 17.5. The Labute approximate surface area is 349 Å². The molecule has 0 aliphatic carbocycles. The second kappa shape index (κ2) is 21.1. The maximum Gasteiger partial charge on any atom is 0.432 e. The van der Waals surface area contributed by atoms with Crippen molar-refractivity contribution in [2.45, 2.75) is 116 Å². The molecule has 66 heavy (non-hydrogen) atoms. The first kappa shape index (κ1) is 64.5. The monoisotopic (exact) mass is 1100 g/mol. The molecule has 15 nitrogen and oxygen atoms in total. The zero-order chi connectivity index (χ0) is 53.1. The summed E-state index contributed by atoms with van der Waals surface area (Å²) in [5.74, 6) is -18.0. The molecule has 0 radical (unpaired) electrons. The van der Waals surface area contributed by atoms with Gasteiger partial charge in [-0.05, 0) is 19.3 Å². The van der Waals surface area contributed by atoms with Gasteiger partial charge in [0.05, 0.1) is 13.2 Å². The van der Waals surface area contributed by atoms with Crippen molar-refractivity contribution in [1.82, 2.24) is 0 Å². The molecule has 0 aliphatic rings. The van der Waals surface area contributed by atoms with Crippen LogP contribution in [-0.2, 0) is 42.1 Å². The molecule has 0 aliphatic heterocycles. The maximum atomic E-state index is 14.0. The summed E-state index contributed by atoms with van der Waals surface area (Å²) in [6, 6.07) is 0. The minimum absolute atomic E-state index is 1.33. The summed E-state index contributed by atoms with van der Waals surface area (Å²) in [5.41, 5.74) is -20.8. The largest absolute Gasteiger partial charge is 0.774 e. The zero-order valence-electron chi connectivity index (χ0n) is 31.0. The van der Waals surface area contributed by atoms with Crippen LogP contribution in [0, 0.1) is 0 Å². The average Bonchev–Trinajstić information content (AvgIpc) is 3.06. The van der Waals surface area contributed by atoms with E-state index in [4.69, 9.17) is 19.4 Å². The van der Waals surface area contributed by atoms with Crippen LogP contribution < -0.4 is 14.7 Å². The smallest absolute Gasteiger partial charge is 0.432 e. The van der Waals surface area contributed by atoms with E-state index in [0.29, 0.717) is 0 Å². The van der Waals surface area contributed by atoms with E-state index in [1.165, 1.54) is 0 Å². The van der Waals surface area contributed by atoms with E-state index < -0.39 is 172 Å². The van der Waals surface area contributed by atoms with Crippen LogP contribution in [-0.4, -0.2) is 125 Å². The van der Waals surface area contributed by atoms with Gasteiger partial charge >= 0.3 is 71.4 Å². The summed E-state index contributed by atoms with van der Waals surface area (Å²) in [6.45, 7) is -6.87. The van der Waals surface area contributed by atoms with E-state index in [-0.39, 0.29) is 0 Å². The normalized spacial score (nSPS) is 18.5. The number of hydrogen-bond acceptors (Lipinski definition) is 12. The van der Waals surface area contributed by atoms with Crippen LogP contribution in [0.3, 0.4) is 0 Å². The Morgan fingerprint density at radius 3 is 0.803 bits per heavy atom. The van der Waals surface area contributed by atoms with Crippen molar-refractivity contribution < 1.29 is 177 Å². The molecule has 3 N–H and O–H groups in total. The zero-order valence-corrected chi connectivity index (χ0v) is 33.7. The predicted octanol–water partition coefficient (Wildman–Crippen LogP) is 6.67. The summed E-state index contributed by atoms with van der Waals surface area (Å²) >= 11 is 0. The fraction of sp³-hybridized carbons (Fsp3) is 1.00. The molecule has 0 rings (SSSR count). The van der Waals surface area contributed by atoms with E-state index in [1.807, 2.05) is 14.2 Å². The van der Waals surface area contributed by atoms with E-state index >= 15 is 0 Å². The van der Waals surface area contributed by atoms with Crippen LogP contribution in [0.15, 0.2) is 0 Å². The van der Waals surface area contributed by atoms with Crippen LogP contribution in [0.5, 0.6) is 0 Å². The third-order valence-electron chi connectivity index (χ3n) is 7.32. The summed E-state index contributed by atoms with van der Waals surface area (Å²) in [4.78, 5) is 55.6. The minimum atomic E-state index is -7.65. The van der Waals surface area contributed by atoms with Crippen molar-refractivity contribution in [3.8, 4) is 0 Å². The predicted molar refractivity (Wildman–Crippen MR) is 151 cm³/mol. The molecule has 0 aromatic carbocycles. The Kier molecular flexibility index (Phi) is 20.6. The first-order chi connectivity index (χ1) is 28.7. The molecule has 0 spiro atoms. The Morgan fingerprint density at radius 1 is 0.379 bits per heavy atom. The third-order valence-corrected chi connectivity index (χ3v) is 10.2. The van der Waals surface area contributed by atoms with Crippen LogP contribution in [0.2, 0.25) is 0 Å². The molecule has 0 fully saturated rings. The lowest BCUT2D eigenvalue weighted by Gasteiger charge is -2.36. The van der Waals surface area contributed by atoms with Gasteiger partial charge in [0.1, 0.15) is 6.10 Å². The fourth-order valence-corrected chi connectivity index (χ4v) is 4.86. The molecule has 3 unspecified atom stereocenters. The lowest BCUT2D eigenvalue weighted by Crippen LogP contribution is -2.54. The number of rotatable bonds is 32. The fourth-order valence-electron chi connectivity index (χ4n) is 3.73. The van der Waals surface area contributed by atoms with Gasteiger partial charge in [-0.3, -0.25) is 0 Å². The summed E-state index contributed by atoms with van der Waals surface area (Å²) < 4.78 is 377. The molecular weight excluding hydrogens is 1080 g/mol. The van der Waals surface area contributed by atoms with Crippen LogP contribution in [0.1, 0.15) is 38.5 Å². The number of alkyl halides is 24. The van der Waals surface area contributed by atoms with Gasteiger partial charge < -0.3 is 57.3 Å². The first-order valence-corrected chi connectivity index (χ1v) is 20.9. The average molecular weight is 1100 g/mol. The van der Waals surface area contributed by atoms with Gasteiger partial charge in [0.2, 0.25) is 22.8 Å². The van der Waals surface area contributed by atoms with E-state index in [1.54, 1.807) is 0 Å². The molecule has 0 heterocycles. The van der Waals surface area contributed by atoms with E-state index in [0.717, 1.165) is 0 Å². The Morgan fingerprint density at radius 2 is 0.591 bits per heavy atom.